The first-order valence-corrected chi connectivity index (χ1v) is 5.71. The van der Waals surface area contributed by atoms with Crippen LogP contribution in [-0.2, 0) is 0 Å². The number of aromatic amines is 1. The lowest BCUT2D eigenvalue weighted by atomic mass is 10.1. The van der Waals surface area contributed by atoms with Gasteiger partial charge in [-0.15, -0.1) is 0 Å². The van der Waals surface area contributed by atoms with Crippen LogP contribution in [0.5, 0.6) is 0 Å². The van der Waals surface area contributed by atoms with Gasteiger partial charge in [-0.2, -0.15) is 0 Å². The van der Waals surface area contributed by atoms with Gasteiger partial charge in [0.25, 0.3) is 5.91 Å². The third kappa shape index (κ3) is 2.60. The van der Waals surface area contributed by atoms with E-state index in [1.165, 1.54) is 0 Å². The highest BCUT2D eigenvalue weighted by Crippen LogP contribution is 2.12. The second kappa shape index (κ2) is 5.05. The van der Waals surface area contributed by atoms with E-state index in [1.807, 2.05) is 6.92 Å². The highest BCUT2D eigenvalue weighted by atomic mass is 16.4. The second-order valence-electron chi connectivity index (χ2n) is 4.28. The van der Waals surface area contributed by atoms with Crippen molar-refractivity contribution in [1.82, 2.24) is 10.3 Å². The fourth-order valence-electron chi connectivity index (χ4n) is 1.55. The maximum Gasteiger partial charge on any atom is 0.417 e. The standard InChI is InChI=1S/C12H15N3O3/c1-7(5-13)6-14-11(16)8-2-3-10-9(4-8)15-12(17)18-10/h2-4,7H,5-6,13H2,1H3,(H,14,16)(H,15,17). The van der Waals surface area contributed by atoms with Crippen LogP contribution >= 0.6 is 0 Å². The van der Waals surface area contributed by atoms with E-state index >= 15 is 0 Å². The van der Waals surface area contributed by atoms with E-state index in [-0.39, 0.29) is 11.8 Å². The van der Waals surface area contributed by atoms with Gasteiger partial charge in [-0.3, -0.25) is 9.78 Å². The predicted octanol–water partition coefficient (Wildman–Crippen LogP) is 0.446. The molecule has 6 heteroatoms. The van der Waals surface area contributed by atoms with Crippen LogP contribution in [0.25, 0.3) is 11.1 Å². The molecule has 6 nitrogen and oxygen atoms in total. The molecule has 4 N–H and O–H groups in total. The van der Waals surface area contributed by atoms with Crippen molar-refractivity contribution < 1.29 is 9.21 Å². The van der Waals surface area contributed by atoms with Crippen LogP contribution in [0.3, 0.4) is 0 Å². The molecule has 0 aliphatic carbocycles. The molecule has 2 rings (SSSR count). The monoisotopic (exact) mass is 249 g/mol. The van der Waals surface area contributed by atoms with Crippen LogP contribution in [0.1, 0.15) is 17.3 Å². The Morgan fingerprint density at radius 3 is 3.06 bits per heavy atom. The van der Waals surface area contributed by atoms with Gasteiger partial charge in [0, 0.05) is 12.1 Å². The molecule has 0 aliphatic rings. The summed E-state index contributed by atoms with van der Waals surface area (Å²) in [6, 6.07) is 4.79. The lowest BCUT2D eigenvalue weighted by molar-refractivity contribution is 0.0948. The maximum absolute atomic E-state index is 11.8. The first-order valence-electron chi connectivity index (χ1n) is 5.71. The first kappa shape index (κ1) is 12.4. The number of carbonyl (C=O) groups is 1. The van der Waals surface area contributed by atoms with Crippen molar-refractivity contribution in [3.8, 4) is 0 Å². The number of aromatic nitrogens is 1. The fourth-order valence-corrected chi connectivity index (χ4v) is 1.55. The zero-order valence-electron chi connectivity index (χ0n) is 10.0. The van der Waals surface area contributed by atoms with Gasteiger partial charge in [0.2, 0.25) is 0 Å². The first-order chi connectivity index (χ1) is 8.60. The number of rotatable bonds is 4. The Hall–Kier alpha value is -2.08. The number of benzene rings is 1. The van der Waals surface area contributed by atoms with Crippen molar-refractivity contribution in [1.29, 1.82) is 0 Å². The van der Waals surface area contributed by atoms with Gasteiger partial charge in [-0.1, -0.05) is 6.92 Å². The molecule has 1 aromatic carbocycles. The number of hydrogen-bond donors (Lipinski definition) is 3. The summed E-state index contributed by atoms with van der Waals surface area (Å²) < 4.78 is 4.86. The molecular weight excluding hydrogens is 234 g/mol. The Balaban J connectivity index is 2.15. The van der Waals surface area contributed by atoms with Crippen LogP contribution in [0.15, 0.2) is 27.4 Å². The number of nitrogens with one attached hydrogen (secondary N) is 2. The average Bonchev–Trinajstić information content (AvgIpc) is 2.74. The van der Waals surface area contributed by atoms with Crippen LogP contribution < -0.4 is 16.8 Å². The van der Waals surface area contributed by atoms with Gasteiger partial charge >= 0.3 is 5.76 Å². The summed E-state index contributed by atoms with van der Waals surface area (Å²) in [5.74, 6) is -0.495. The lowest BCUT2D eigenvalue weighted by Gasteiger charge is -2.09. The van der Waals surface area contributed by atoms with E-state index in [2.05, 4.69) is 10.3 Å². The molecule has 2 aromatic rings. The molecule has 96 valence electrons. The molecule has 1 aromatic heterocycles. The Labute approximate surface area is 103 Å². The van der Waals surface area contributed by atoms with Crippen LogP contribution in [0.4, 0.5) is 0 Å². The van der Waals surface area contributed by atoms with Gasteiger partial charge in [-0.25, -0.2) is 4.79 Å². The third-order valence-corrected chi connectivity index (χ3v) is 2.69. The average molecular weight is 249 g/mol. The highest BCUT2D eigenvalue weighted by Gasteiger charge is 2.09. The molecule has 0 fully saturated rings. The number of nitrogens with two attached hydrogens (primary N) is 1. The van der Waals surface area contributed by atoms with Gasteiger partial charge < -0.3 is 15.5 Å². The van der Waals surface area contributed by atoms with E-state index in [0.717, 1.165) is 0 Å². The Kier molecular flexibility index (Phi) is 3.47. The van der Waals surface area contributed by atoms with Crippen molar-refractivity contribution in [3.05, 3.63) is 34.3 Å². The minimum Gasteiger partial charge on any atom is -0.408 e. The van der Waals surface area contributed by atoms with Crippen molar-refractivity contribution in [2.45, 2.75) is 6.92 Å². The summed E-state index contributed by atoms with van der Waals surface area (Å²) in [4.78, 5) is 25.3. The number of carbonyl (C=O) groups excluding carboxylic acids is 1. The number of fused-ring (bicyclic) bond motifs is 1. The van der Waals surface area contributed by atoms with Gasteiger partial charge in [0.05, 0.1) is 5.52 Å². The zero-order valence-corrected chi connectivity index (χ0v) is 10.0. The summed E-state index contributed by atoms with van der Waals surface area (Å²) in [5, 5.41) is 2.78. The normalized spacial score (nSPS) is 12.6. The molecule has 1 unspecified atom stereocenters. The summed E-state index contributed by atoms with van der Waals surface area (Å²) >= 11 is 0. The minimum absolute atomic E-state index is 0.195. The number of hydrogen-bond acceptors (Lipinski definition) is 4. The molecule has 0 bridgehead atoms. The van der Waals surface area contributed by atoms with Crippen molar-refractivity contribution in [2.75, 3.05) is 13.1 Å². The Morgan fingerprint density at radius 2 is 2.33 bits per heavy atom. The molecule has 1 atom stereocenters. The molecule has 0 radical (unpaired) electrons. The summed E-state index contributed by atoms with van der Waals surface area (Å²) in [6.07, 6.45) is 0. The van der Waals surface area contributed by atoms with Crippen molar-refractivity contribution in [2.24, 2.45) is 11.7 Å². The highest BCUT2D eigenvalue weighted by molar-refractivity contribution is 5.97. The van der Waals surface area contributed by atoms with Gasteiger partial charge in [0.1, 0.15) is 0 Å². The molecular formula is C12H15N3O3. The lowest BCUT2D eigenvalue weighted by Crippen LogP contribution is -2.31. The number of oxazole rings is 1. The van der Waals surface area contributed by atoms with E-state index in [0.29, 0.717) is 29.8 Å². The number of H-pyrrole nitrogens is 1. The Bertz CT molecular complexity index is 614. The van der Waals surface area contributed by atoms with Gasteiger partial charge in [-0.05, 0) is 30.7 Å². The second-order valence-corrected chi connectivity index (χ2v) is 4.28. The molecule has 0 aliphatic heterocycles. The molecule has 0 spiro atoms. The van der Waals surface area contributed by atoms with Crippen LogP contribution in [0, 0.1) is 5.92 Å². The minimum atomic E-state index is -0.528. The van der Waals surface area contributed by atoms with Crippen LogP contribution in [0.2, 0.25) is 0 Å². The molecule has 0 saturated heterocycles. The van der Waals surface area contributed by atoms with E-state index in [1.54, 1.807) is 18.2 Å². The SMILES string of the molecule is CC(CN)CNC(=O)c1ccc2oc(=O)[nH]c2c1. The smallest absolute Gasteiger partial charge is 0.408 e. The molecule has 1 heterocycles. The Morgan fingerprint density at radius 1 is 1.56 bits per heavy atom. The molecule has 1 amide bonds. The van der Waals surface area contributed by atoms with E-state index in [9.17, 15) is 9.59 Å². The quantitative estimate of drug-likeness (QED) is 0.732. The topological polar surface area (TPSA) is 101 Å². The van der Waals surface area contributed by atoms with Crippen molar-refractivity contribution >= 4 is 17.0 Å². The van der Waals surface area contributed by atoms with E-state index in [4.69, 9.17) is 10.2 Å². The third-order valence-electron chi connectivity index (χ3n) is 2.69. The predicted molar refractivity (Wildman–Crippen MR) is 67.4 cm³/mol. The van der Waals surface area contributed by atoms with E-state index < -0.39 is 5.76 Å². The van der Waals surface area contributed by atoms with Crippen LogP contribution in [-0.4, -0.2) is 24.0 Å². The molecule has 18 heavy (non-hydrogen) atoms. The summed E-state index contributed by atoms with van der Waals surface area (Å²) in [6.45, 7) is 3.00. The number of amides is 1. The van der Waals surface area contributed by atoms with Gasteiger partial charge in [0.15, 0.2) is 5.58 Å². The maximum atomic E-state index is 11.8. The summed E-state index contributed by atoms with van der Waals surface area (Å²) in [5.41, 5.74) is 6.90. The largest absolute Gasteiger partial charge is 0.417 e. The fraction of sp³-hybridized carbons (Fsp3) is 0.333. The summed E-state index contributed by atoms with van der Waals surface area (Å²) in [7, 11) is 0. The van der Waals surface area contributed by atoms with Crippen molar-refractivity contribution in [3.63, 3.8) is 0 Å². The molecule has 0 saturated carbocycles. The zero-order chi connectivity index (χ0) is 13.1.